The molecule has 1 aromatic rings. The zero-order valence-corrected chi connectivity index (χ0v) is 8.16. The highest BCUT2D eigenvalue weighted by Crippen LogP contribution is 2.27. The highest BCUT2D eigenvalue weighted by molar-refractivity contribution is 5.85. The van der Waals surface area contributed by atoms with Crippen LogP contribution in [-0.2, 0) is 0 Å². The van der Waals surface area contributed by atoms with Crippen LogP contribution >= 0.6 is 12.4 Å². The normalized spacial score (nSPS) is 11.1. The molecule has 0 heterocycles. The van der Waals surface area contributed by atoms with Gasteiger partial charge in [-0.2, -0.15) is 5.26 Å². The Morgan fingerprint density at radius 2 is 2.07 bits per heavy atom. The van der Waals surface area contributed by atoms with E-state index in [4.69, 9.17) is 16.1 Å². The van der Waals surface area contributed by atoms with E-state index >= 15 is 0 Å². The molecule has 0 amide bonds. The third-order valence-corrected chi connectivity index (χ3v) is 1.72. The lowest BCUT2D eigenvalue weighted by atomic mass is 10.0. The number of benzene rings is 1. The molecule has 0 fully saturated rings. The molecule has 0 bridgehead atoms. The number of phenols is 2. The first-order valence-corrected chi connectivity index (χ1v) is 3.79. The highest BCUT2D eigenvalue weighted by atomic mass is 35.5. The predicted octanol–water partition coefficient (Wildman–Crippen LogP) is 1.43. The van der Waals surface area contributed by atoms with E-state index < -0.39 is 6.04 Å². The summed E-state index contributed by atoms with van der Waals surface area (Å²) in [5, 5.41) is 26.8. The summed E-state index contributed by atoms with van der Waals surface area (Å²) in [4.78, 5) is 0. The van der Waals surface area contributed by atoms with Gasteiger partial charge in [0.15, 0.2) is 0 Å². The van der Waals surface area contributed by atoms with Crippen LogP contribution in [0.25, 0.3) is 0 Å². The smallest absolute Gasteiger partial charge is 0.120 e. The van der Waals surface area contributed by atoms with Crippen molar-refractivity contribution in [1.82, 2.24) is 0 Å². The molecule has 1 atom stereocenters. The quantitative estimate of drug-likeness (QED) is 0.650. The Morgan fingerprint density at radius 1 is 1.43 bits per heavy atom. The molecule has 14 heavy (non-hydrogen) atoms. The molecule has 0 spiro atoms. The van der Waals surface area contributed by atoms with E-state index in [1.807, 2.05) is 6.07 Å². The van der Waals surface area contributed by atoms with E-state index in [9.17, 15) is 5.11 Å². The van der Waals surface area contributed by atoms with Crippen molar-refractivity contribution in [2.75, 3.05) is 0 Å². The van der Waals surface area contributed by atoms with Gasteiger partial charge in [0.05, 0.1) is 12.5 Å². The van der Waals surface area contributed by atoms with Gasteiger partial charge in [-0.1, -0.05) is 0 Å². The summed E-state index contributed by atoms with van der Waals surface area (Å²) in [7, 11) is 0. The molecule has 0 aliphatic carbocycles. The number of nitrogens with zero attached hydrogens (tertiary/aromatic N) is 1. The summed E-state index contributed by atoms with van der Waals surface area (Å²) in [6.45, 7) is 0. The summed E-state index contributed by atoms with van der Waals surface area (Å²) in [6.07, 6.45) is 0.108. The third-order valence-electron chi connectivity index (χ3n) is 1.72. The largest absolute Gasteiger partial charge is 0.508 e. The predicted molar refractivity (Wildman–Crippen MR) is 54.2 cm³/mol. The van der Waals surface area contributed by atoms with Crippen LogP contribution in [0.4, 0.5) is 0 Å². The molecule has 0 aromatic heterocycles. The summed E-state index contributed by atoms with van der Waals surface area (Å²) in [5.41, 5.74) is 5.97. The maximum absolute atomic E-state index is 9.33. The molecule has 0 saturated heterocycles. The van der Waals surface area contributed by atoms with Gasteiger partial charge in [0.2, 0.25) is 0 Å². The van der Waals surface area contributed by atoms with Crippen LogP contribution in [-0.4, -0.2) is 10.2 Å². The van der Waals surface area contributed by atoms with Crippen molar-refractivity contribution in [3.05, 3.63) is 23.8 Å². The summed E-state index contributed by atoms with van der Waals surface area (Å²) in [5.74, 6) is 0.0294. The van der Waals surface area contributed by atoms with Crippen LogP contribution in [0.5, 0.6) is 11.5 Å². The number of phenolic OH excluding ortho intramolecular Hbond substituents is 2. The monoisotopic (exact) mass is 214 g/mol. The number of halogens is 1. The van der Waals surface area contributed by atoms with Crippen molar-refractivity contribution in [2.24, 2.45) is 5.73 Å². The fraction of sp³-hybridized carbons (Fsp3) is 0.222. The van der Waals surface area contributed by atoms with Gasteiger partial charge in [0, 0.05) is 11.6 Å². The van der Waals surface area contributed by atoms with E-state index in [-0.39, 0.29) is 30.3 Å². The lowest BCUT2D eigenvalue weighted by molar-refractivity contribution is 0.448. The first kappa shape index (κ1) is 12.6. The van der Waals surface area contributed by atoms with Crippen molar-refractivity contribution < 1.29 is 10.2 Å². The number of aromatic hydroxyl groups is 2. The van der Waals surface area contributed by atoms with Crippen molar-refractivity contribution in [3.63, 3.8) is 0 Å². The molecule has 0 aliphatic rings. The van der Waals surface area contributed by atoms with Gasteiger partial charge in [-0.3, -0.25) is 0 Å². The number of rotatable bonds is 2. The maximum Gasteiger partial charge on any atom is 0.120 e. The third kappa shape index (κ3) is 2.80. The highest BCUT2D eigenvalue weighted by Gasteiger charge is 2.10. The van der Waals surface area contributed by atoms with Crippen LogP contribution in [0.1, 0.15) is 18.0 Å². The number of hydrogen-bond acceptors (Lipinski definition) is 4. The minimum absolute atomic E-state index is 0. The molecule has 0 saturated carbocycles. The van der Waals surface area contributed by atoms with E-state index in [0.717, 1.165) is 0 Å². The first-order chi connectivity index (χ1) is 6.15. The molecule has 5 heteroatoms. The average Bonchev–Trinajstić information content (AvgIpc) is 2.09. The van der Waals surface area contributed by atoms with E-state index in [1.165, 1.54) is 18.2 Å². The average molecular weight is 215 g/mol. The zero-order chi connectivity index (χ0) is 9.84. The number of nitriles is 1. The molecule has 4 nitrogen and oxygen atoms in total. The Morgan fingerprint density at radius 3 is 2.64 bits per heavy atom. The Kier molecular flexibility index (Phi) is 4.78. The second kappa shape index (κ2) is 5.32. The second-order valence-corrected chi connectivity index (χ2v) is 2.71. The Balaban J connectivity index is 0.00000169. The van der Waals surface area contributed by atoms with Gasteiger partial charge in [-0.25, -0.2) is 0 Å². The minimum atomic E-state index is -0.558. The van der Waals surface area contributed by atoms with E-state index in [2.05, 4.69) is 0 Å². The van der Waals surface area contributed by atoms with Gasteiger partial charge in [-0.05, 0) is 18.2 Å². The van der Waals surface area contributed by atoms with E-state index in [0.29, 0.717) is 5.56 Å². The van der Waals surface area contributed by atoms with Crippen LogP contribution in [0.3, 0.4) is 0 Å². The lowest BCUT2D eigenvalue weighted by Crippen LogP contribution is -2.09. The first-order valence-electron chi connectivity index (χ1n) is 3.79. The number of hydrogen-bond donors (Lipinski definition) is 3. The fourth-order valence-corrected chi connectivity index (χ4v) is 1.05. The van der Waals surface area contributed by atoms with Gasteiger partial charge in [-0.15, -0.1) is 12.4 Å². The molecule has 76 valence electrons. The van der Waals surface area contributed by atoms with Crippen LogP contribution in [0.15, 0.2) is 18.2 Å². The Hall–Kier alpha value is -1.44. The summed E-state index contributed by atoms with van der Waals surface area (Å²) in [6, 6.07) is 5.40. The maximum atomic E-state index is 9.33. The zero-order valence-electron chi connectivity index (χ0n) is 7.34. The molecule has 0 aliphatic heterocycles. The summed E-state index contributed by atoms with van der Waals surface area (Å²) < 4.78 is 0. The van der Waals surface area contributed by atoms with Crippen molar-refractivity contribution in [1.29, 1.82) is 5.26 Å². The van der Waals surface area contributed by atoms with Gasteiger partial charge in [0.25, 0.3) is 0 Å². The molecular formula is C9H11ClN2O2. The topological polar surface area (TPSA) is 90.3 Å². The molecule has 4 N–H and O–H groups in total. The molecular weight excluding hydrogens is 204 g/mol. The van der Waals surface area contributed by atoms with Gasteiger partial charge < -0.3 is 15.9 Å². The second-order valence-electron chi connectivity index (χ2n) is 2.71. The molecule has 1 rings (SSSR count). The molecule has 1 aromatic carbocycles. The number of nitrogens with two attached hydrogens (primary N) is 1. The van der Waals surface area contributed by atoms with Crippen molar-refractivity contribution in [3.8, 4) is 17.6 Å². The Bertz CT molecular complexity index is 349. The fourth-order valence-electron chi connectivity index (χ4n) is 1.05. The van der Waals surface area contributed by atoms with Gasteiger partial charge >= 0.3 is 0 Å². The lowest BCUT2D eigenvalue weighted by Gasteiger charge is -2.09. The van der Waals surface area contributed by atoms with Crippen LogP contribution in [0, 0.1) is 11.3 Å². The van der Waals surface area contributed by atoms with Gasteiger partial charge in [0.1, 0.15) is 11.5 Å². The van der Waals surface area contributed by atoms with Crippen molar-refractivity contribution >= 4 is 12.4 Å². The molecule has 0 unspecified atom stereocenters. The van der Waals surface area contributed by atoms with Crippen LogP contribution in [0.2, 0.25) is 0 Å². The standard InChI is InChI=1S/C9H10N2O2.ClH/c10-4-3-8(11)7-5-6(12)1-2-9(7)13;/h1-2,5,8,12-13H,3,11H2;1H/t8-;/m0./s1. The SMILES string of the molecule is Cl.N#CC[C@H](N)c1cc(O)ccc1O. The Labute approximate surface area is 88.0 Å². The van der Waals surface area contributed by atoms with Crippen LogP contribution < -0.4 is 5.73 Å². The van der Waals surface area contributed by atoms with Crippen molar-refractivity contribution in [2.45, 2.75) is 12.5 Å². The minimum Gasteiger partial charge on any atom is -0.508 e. The summed E-state index contributed by atoms with van der Waals surface area (Å²) >= 11 is 0. The van der Waals surface area contributed by atoms with E-state index in [1.54, 1.807) is 0 Å². The molecule has 0 radical (unpaired) electrons.